The zero-order chi connectivity index (χ0) is 16.7. The lowest BCUT2D eigenvalue weighted by Gasteiger charge is -2.26. The summed E-state index contributed by atoms with van der Waals surface area (Å²) in [6.45, 7) is 2.62. The number of aliphatic carboxylic acids is 1. The molecule has 0 bridgehead atoms. The normalized spacial score (nSPS) is 17.5. The smallest absolute Gasteiger partial charge is 0.478 e. The van der Waals surface area contributed by atoms with Gasteiger partial charge in [0.15, 0.2) is 6.61 Å². The first-order chi connectivity index (χ1) is 10.3. The van der Waals surface area contributed by atoms with Crippen molar-refractivity contribution in [1.29, 1.82) is 0 Å². The van der Waals surface area contributed by atoms with Gasteiger partial charge in [-0.05, 0) is 13.8 Å². The lowest BCUT2D eigenvalue weighted by Crippen LogP contribution is -2.35. The summed E-state index contributed by atoms with van der Waals surface area (Å²) < 4.78 is 14.0. The molecule has 1 unspecified atom stereocenters. The van der Waals surface area contributed by atoms with Crippen LogP contribution in [0.5, 0.6) is 0 Å². The molecule has 0 amide bonds. The van der Waals surface area contributed by atoms with Crippen LogP contribution < -0.4 is 5.32 Å². The van der Waals surface area contributed by atoms with Gasteiger partial charge in [0.05, 0.1) is 17.2 Å². The zero-order valence-corrected chi connectivity index (χ0v) is 13.0. The average Bonchev–Trinajstić information content (AvgIpc) is 2.42. The molecule has 1 rings (SSSR count). The Kier molecular flexibility index (Phi) is 6.77. The van der Waals surface area contributed by atoms with Crippen LogP contribution in [-0.4, -0.2) is 48.0 Å². The Labute approximate surface area is 132 Å². The SMILES string of the molecule is CCOC(=O)COC(=O)OCC1CC(=S)NC(C)=C1C(=O)O. The standard InChI is InChI=1S/C13H17NO7S/c1-3-19-10(15)6-21-13(18)20-5-8-4-9(22)14-7(2)11(8)12(16)17/h8H,3-6H2,1-2H3,(H,14,22)(H,16,17). The van der Waals surface area contributed by atoms with Crippen LogP contribution in [0.4, 0.5) is 4.79 Å². The Bertz CT molecular complexity index is 515. The minimum absolute atomic E-state index is 0.104. The van der Waals surface area contributed by atoms with Gasteiger partial charge in [0.1, 0.15) is 6.61 Å². The molecule has 0 aromatic heterocycles. The van der Waals surface area contributed by atoms with Crippen LogP contribution in [0.1, 0.15) is 20.3 Å². The van der Waals surface area contributed by atoms with E-state index in [0.29, 0.717) is 10.7 Å². The number of esters is 1. The second-order valence-electron chi connectivity index (χ2n) is 4.45. The van der Waals surface area contributed by atoms with Crippen molar-refractivity contribution in [2.24, 2.45) is 5.92 Å². The highest BCUT2D eigenvalue weighted by Gasteiger charge is 2.30. The molecule has 0 aromatic carbocycles. The van der Waals surface area contributed by atoms with Crippen molar-refractivity contribution in [3.63, 3.8) is 0 Å². The van der Waals surface area contributed by atoms with E-state index >= 15 is 0 Å². The quantitative estimate of drug-likeness (QED) is 0.543. The topological polar surface area (TPSA) is 111 Å². The fraction of sp³-hybridized carbons (Fsp3) is 0.538. The van der Waals surface area contributed by atoms with Gasteiger partial charge >= 0.3 is 18.1 Å². The van der Waals surface area contributed by atoms with Crippen LogP contribution >= 0.6 is 12.2 Å². The number of ether oxygens (including phenoxy) is 3. The number of allylic oxidation sites excluding steroid dienone is 1. The number of carboxylic acids is 1. The summed E-state index contributed by atoms with van der Waals surface area (Å²) in [4.78, 5) is 34.1. The number of rotatable bonds is 6. The number of thiocarbonyl (C=S) groups is 1. The second-order valence-corrected chi connectivity index (χ2v) is 4.94. The lowest BCUT2D eigenvalue weighted by atomic mass is 9.91. The molecule has 0 spiro atoms. The number of nitrogens with one attached hydrogen (secondary N) is 1. The Morgan fingerprint density at radius 1 is 1.32 bits per heavy atom. The Hall–Kier alpha value is -2.16. The molecule has 0 aromatic rings. The van der Waals surface area contributed by atoms with Crippen LogP contribution in [0.25, 0.3) is 0 Å². The molecule has 1 atom stereocenters. The Morgan fingerprint density at radius 3 is 2.59 bits per heavy atom. The number of hydrogen-bond acceptors (Lipinski definition) is 7. The molecule has 8 nitrogen and oxygen atoms in total. The molecule has 122 valence electrons. The number of carbonyl (C=O) groups excluding carboxylic acids is 2. The van der Waals surface area contributed by atoms with Crippen molar-refractivity contribution < 1.29 is 33.7 Å². The van der Waals surface area contributed by atoms with Crippen LogP contribution in [0.2, 0.25) is 0 Å². The van der Waals surface area contributed by atoms with Crippen molar-refractivity contribution in [2.45, 2.75) is 20.3 Å². The predicted molar refractivity (Wildman–Crippen MR) is 78.1 cm³/mol. The molecule has 1 aliphatic heterocycles. The minimum atomic E-state index is -1.11. The van der Waals surface area contributed by atoms with Gasteiger partial charge in [-0.3, -0.25) is 0 Å². The van der Waals surface area contributed by atoms with Crippen molar-refractivity contribution in [3.05, 3.63) is 11.3 Å². The molecule has 0 aliphatic carbocycles. The monoisotopic (exact) mass is 331 g/mol. The molecule has 9 heteroatoms. The maximum atomic E-state index is 11.4. The maximum Gasteiger partial charge on any atom is 0.508 e. The van der Waals surface area contributed by atoms with Crippen LogP contribution in [0.3, 0.4) is 0 Å². The number of carbonyl (C=O) groups is 3. The minimum Gasteiger partial charge on any atom is -0.478 e. The molecule has 0 fully saturated rings. The molecular weight excluding hydrogens is 314 g/mol. The van der Waals surface area contributed by atoms with E-state index in [2.05, 4.69) is 14.8 Å². The van der Waals surface area contributed by atoms with Gasteiger partial charge in [-0.25, -0.2) is 14.4 Å². The van der Waals surface area contributed by atoms with Crippen LogP contribution in [0.15, 0.2) is 11.3 Å². The molecule has 2 N–H and O–H groups in total. The summed E-state index contributed by atoms with van der Waals surface area (Å²) >= 11 is 5.02. The van der Waals surface area contributed by atoms with E-state index in [1.54, 1.807) is 13.8 Å². The predicted octanol–water partition coefficient (Wildman–Crippen LogP) is 0.998. The van der Waals surface area contributed by atoms with E-state index in [4.69, 9.17) is 17.0 Å². The van der Waals surface area contributed by atoms with Crippen molar-refractivity contribution in [3.8, 4) is 0 Å². The summed E-state index contributed by atoms with van der Waals surface area (Å²) in [5, 5.41) is 12.0. The van der Waals surface area contributed by atoms with Crippen molar-refractivity contribution in [2.75, 3.05) is 19.8 Å². The lowest BCUT2D eigenvalue weighted by molar-refractivity contribution is -0.147. The van der Waals surface area contributed by atoms with Gasteiger partial charge in [0, 0.05) is 18.0 Å². The molecule has 22 heavy (non-hydrogen) atoms. The van der Waals surface area contributed by atoms with Gasteiger partial charge in [-0.15, -0.1) is 0 Å². The number of carboxylic acid groups (broad SMARTS) is 1. The first kappa shape index (κ1) is 17.9. The second kappa shape index (κ2) is 8.32. The molecule has 0 radical (unpaired) electrons. The van der Waals surface area contributed by atoms with E-state index in [1.807, 2.05) is 0 Å². The molecule has 1 aliphatic rings. The van der Waals surface area contributed by atoms with E-state index in [1.165, 1.54) is 0 Å². The van der Waals surface area contributed by atoms with E-state index in [-0.39, 0.29) is 25.2 Å². The van der Waals surface area contributed by atoms with Gasteiger partial charge in [0.25, 0.3) is 0 Å². The van der Waals surface area contributed by atoms with E-state index < -0.39 is 30.6 Å². The highest BCUT2D eigenvalue weighted by molar-refractivity contribution is 7.80. The van der Waals surface area contributed by atoms with Crippen LogP contribution in [0, 0.1) is 5.92 Å². The molecule has 0 saturated carbocycles. The number of hydrogen-bond donors (Lipinski definition) is 2. The average molecular weight is 331 g/mol. The highest BCUT2D eigenvalue weighted by atomic mass is 32.1. The maximum absolute atomic E-state index is 11.4. The first-order valence-corrected chi connectivity index (χ1v) is 6.95. The highest BCUT2D eigenvalue weighted by Crippen LogP contribution is 2.24. The summed E-state index contributed by atoms with van der Waals surface area (Å²) in [5.74, 6) is -2.37. The fourth-order valence-corrected chi connectivity index (χ4v) is 2.32. The summed E-state index contributed by atoms with van der Waals surface area (Å²) in [5.41, 5.74) is 0.518. The first-order valence-electron chi connectivity index (χ1n) is 6.54. The van der Waals surface area contributed by atoms with Crippen molar-refractivity contribution >= 4 is 35.3 Å². The van der Waals surface area contributed by atoms with Gasteiger partial charge < -0.3 is 24.6 Å². The van der Waals surface area contributed by atoms with Gasteiger partial charge in [-0.2, -0.15) is 0 Å². The third-order valence-corrected chi connectivity index (χ3v) is 3.09. The Morgan fingerprint density at radius 2 is 2.00 bits per heavy atom. The van der Waals surface area contributed by atoms with Crippen LogP contribution in [-0.2, 0) is 23.8 Å². The molecule has 1 heterocycles. The summed E-state index contributed by atoms with van der Waals surface area (Å²) in [6, 6.07) is 0. The fourth-order valence-electron chi connectivity index (χ4n) is 1.97. The molecule has 0 saturated heterocycles. The van der Waals surface area contributed by atoms with E-state index in [0.717, 1.165) is 0 Å². The van der Waals surface area contributed by atoms with E-state index in [9.17, 15) is 19.5 Å². The summed E-state index contributed by atoms with van der Waals surface area (Å²) in [7, 11) is 0. The summed E-state index contributed by atoms with van der Waals surface area (Å²) in [6.07, 6.45) is -0.820. The van der Waals surface area contributed by atoms with Crippen molar-refractivity contribution in [1.82, 2.24) is 5.32 Å². The third-order valence-electron chi connectivity index (χ3n) is 2.82. The third kappa shape index (κ3) is 5.32. The zero-order valence-electron chi connectivity index (χ0n) is 12.2. The van der Waals surface area contributed by atoms with Gasteiger partial charge in [-0.1, -0.05) is 12.2 Å². The largest absolute Gasteiger partial charge is 0.508 e. The Balaban J connectivity index is 2.53. The van der Waals surface area contributed by atoms with Gasteiger partial charge in [0.2, 0.25) is 0 Å². The molecular formula is C13H17NO7S.